The number of hydrogen-bond acceptors (Lipinski definition) is 10. The van der Waals surface area contributed by atoms with E-state index in [1.165, 1.54) is 30.2 Å². The van der Waals surface area contributed by atoms with Crippen molar-refractivity contribution in [2.45, 2.75) is 57.2 Å². The highest BCUT2D eigenvalue weighted by Gasteiger charge is 2.36. The number of carbonyl (C=O) groups excluding carboxylic acids is 2. The van der Waals surface area contributed by atoms with Crippen LogP contribution in [-0.2, 0) is 11.2 Å². The van der Waals surface area contributed by atoms with Gasteiger partial charge in [-0.05, 0) is 50.3 Å². The Bertz CT molecular complexity index is 1440. The fraction of sp³-hybridized carbons (Fsp3) is 0.407. The number of nitrogens with two attached hydrogens (primary N) is 3. The molecule has 0 radical (unpaired) electrons. The summed E-state index contributed by atoms with van der Waals surface area (Å²) < 4.78 is 11.3. The number of rotatable bonds is 12. The molecule has 0 bridgehead atoms. The Hall–Kier alpha value is -4.92. The van der Waals surface area contributed by atoms with Crippen LogP contribution in [0.1, 0.15) is 81.8 Å². The number of aromatic carboxylic acids is 1. The van der Waals surface area contributed by atoms with E-state index in [2.05, 4.69) is 20.3 Å². The van der Waals surface area contributed by atoms with Crippen LogP contribution in [0.2, 0.25) is 0 Å². The van der Waals surface area contributed by atoms with E-state index in [4.69, 9.17) is 26.0 Å². The summed E-state index contributed by atoms with van der Waals surface area (Å²) in [6.07, 6.45) is 3.45. The Morgan fingerprint density at radius 3 is 2.62 bits per heavy atom. The average Bonchev–Trinajstić information content (AvgIpc) is 3.71. The van der Waals surface area contributed by atoms with E-state index in [0.29, 0.717) is 38.8 Å². The van der Waals surface area contributed by atoms with Gasteiger partial charge in [-0.25, -0.2) is 14.8 Å². The highest BCUT2D eigenvalue weighted by Crippen LogP contribution is 2.34. The summed E-state index contributed by atoms with van der Waals surface area (Å²) in [6, 6.07) is 4.21. The molecule has 3 atom stereocenters. The smallest absolute Gasteiger partial charge is 0.358 e. The Labute approximate surface area is 240 Å². The van der Waals surface area contributed by atoms with Crippen molar-refractivity contribution >= 4 is 23.7 Å². The van der Waals surface area contributed by atoms with Crippen molar-refractivity contribution in [1.29, 1.82) is 0 Å². The molecule has 1 aliphatic rings. The van der Waals surface area contributed by atoms with E-state index in [-0.39, 0.29) is 47.1 Å². The molecule has 0 unspecified atom stereocenters. The lowest BCUT2D eigenvalue weighted by Gasteiger charge is -2.21. The van der Waals surface area contributed by atoms with Gasteiger partial charge in [-0.3, -0.25) is 14.6 Å². The Balaban J connectivity index is 1.51. The van der Waals surface area contributed by atoms with Gasteiger partial charge in [0, 0.05) is 19.5 Å². The molecule has 15 heteroatoms. The van der Waals surface area contributed by atoms with Crippen molar-refractivity contribution < 1.29 is 33.4 Å². The normalized spacial score (nSPS) is 16.1. The molecule has 0 saturated carbocycles. The predicted molar refractivity (Wildman–Crippen MR) is 148 cm³/mol. The second-order valence-corrected chi connectivity index (χ2v) is 9.98. The van der Waals surface area contributed by atoms with Gasteiger partial charge in [-0.2, -0.15) is 0 Å². The number of carboxylic acids is 1. The number of phenolic OH excluding ortho intramolecular Hbond substituents is 1. The summed E-state index contributed by atoms with van der Waals surface area (Å²) in [5.41, 5.74) is 17.3. The lowest BCUT2D eigenvalue weighted by molar-refractivity contribution is -0.123. The highest BCUT2D eigenvalue weighted by molar-refractivity contribution is 5.92. The topological polar surface area (TPSA) is 249 Å². The number of likely N-dealkylation sites (tertiary alicyclic amines) is 1. The first-order chi connectivity index (χ1) is 20.0. The minimum atomic E-state index is -1.21. The number of aliphatic imine (C=N–C) groups is 1. The SMILES string of the molecule is Cc1oc([C@@H]2CCCN2C(=O)c2coc([C@@H](Cc3ccc(O)cc3)NC(=O)[C@@H](N)CCCN=C(N)N)n2)nc1C(=O)O. The molecule has 4 rings (SSSR count). The number of hydrogen-bond donors (Lipinski definition) is 6. The van der Waals surface area contributed by atoms with Crippen molar-refractivity contribution in [2.24, 2.45) is 22.2 Å². The van der Waals surface area contributed by atoms with Gasteiger partial charge in [0.05, 0.1) is 6.04 Å². The Kier molecular flexibility index (Phi) is 9.42. The second-order valence-electron chi connectivity index (χ2n) is 9.98. The van der Waals surface area contributed by atoms with Gasteiger partial charge in [0.2, 0.25) is 17.7 Å². The van der Waals surface area contributed by atoms with Crippen molar-refractivity contribution in [3.63, 3.8) is 0 Å². The maximum absolute atomic E-state index is 13.5. The number of nitrogens with one attached hydrogen (secondary N) is 1. The number of aromatic nitrogens is 2. The van der Waals surface area contributed by atoms with Crippen LogP contribution in [0.15, 0.2) is 44.4 Å². The molecular formula is C27H34N8O7. The molecular weight excluding hydrogens is 548 g/mol. The third kappa shape index (κ3) is 7.23. The number of guanidine groups is 1. The minimum Gasteiger partial charge on any atom is -0.508 e. The lowest BCUT2D eigenvalue weighted by Crippen LogP contribution is -2.43. The van der Waals surface area contributed by atoms with Gasteiger partial charge in [0.15, 0.2) is 17.3 Å². The maximum atomic E-state index is 13.5. The molecule has 1 saturated heterocycles. The number of amides is 2. The van der Waals surface area contributed by atoms with Crippen LogP contribution in [0.4, 0.5) is 0 Å². The molecule has 0 aliphatic carbocycles. The molecule has 15 nitrogen and oxygen atoms in total. The summed E-state index contributed by atoms with van der Waals surface area (Å²) in [5.74, 6) is -1.69. The van der Waals surface area contributed by atoms with Crippen LogP contribution in [0.3, 0.4) is 0 Å². The second kappa shape index (κ2) is 13.2. The Morgan fingerprint density at radius 2 is 1.95 bits per heavy atom. The summed E-state index contributed by atoms with van der Waals surface area (Å²) in [5, 5.41) is 21.8. The molecule has 3 heterocycles. The summed E-state index contributed by atoms with van der Waals surface area (Å²) in [7, 11) is 0. The fourth-order valence-corrected chi connectivity index (χ4v) is 4.71. The minimum absolute atomic E-state index is 0.00474. The molecule has 1 aliphatic heterocycles. The Morgan fingerprint density at radius 1 is 1.21 bits per heavy atom. The third-order valence-electron chi connectivity index (χ3n) is 6.85. The molecule has 2 aromatic heterocycles. The van der Waals surface area contributed by atoms with Crippen LogP contribution in [0.25, 0.3) is 0 Å². The average molecular weight is 583 g/mol. The number of benzene rings is 1. The zero-order chi connectivity index (χ0) is 30.4. The first-order valence-electron chi connectivity index (χ1n) is 13.4. The zero-order valence-corrected chi connectivity index (χ0v) is 23.0. The number of carbonyl (C=O) groups is 3. The van der Waals surface area contributed by atoms with E-state index in [0.717, 1.165) is 5.56 Å². The van der Waals surface area contributed by atoms with Gasteiger partial charge < -0.3 is 46.5 Å². The van der Waals surface area contributed by atoms with E-state index < -0.39 is 35.9 Å². The largest absolute Gasteiger partial charge is 0.508 e. The van der Waals surface area contributed by atoms with Gasteiger partial charge in [0.25, 0.3) is 5.91 Å². The lowest BCUT2D eigenvalue weighted by atomic mass is 10.0. The predicted octanol–water partition coefficient (Wildman–Crippen LogP) is 1.13. The molecule has 9 N–H and O–H groups in total. The van der Waals surface area contributed by atoms with Crippen LogP contribution in [-0.4, -0.2) is 68.0 Å². The van der Waals surface area contributed by atoms with Crippen molar-refractivity contribution in [3.05, 3.63) is 65.0 Å². The molecule has 224 valence electrons. The number of oxazole rings is 2. The van der Waals surface area contributed by atoms with Crippen LogP contribution < -0.4 is 22.5 Å². The maximum Gasteiger partial charge on any atom is 0.358 e. The van der Waals surface area contributed by atoms with E-state index in [1.807, 2.05) is 0 Å². The van der Waals surface area contributed by atoms with Crippen LogP contribution in [0.5, 0.6) is 5.75 Å². The number of nitrogens with zero attached hydrogens (tertiary/aromatic N) is 4. The van der Waals surface area contributed by atoms with Crippen LogP contribution in [0, 0.1) is 6.92 Å². The number of aryl methyl sites for hydroxylation is 1. The molecule has 1 fully saturated rings. The first-order valence-corrected chi connectivity index (χ1v) is 13.4. The molecule has 0 spiro atoms. The number of aromatic hydroxyl groups is 1. The third-order valence-corrected chi connectivity index (χ3v) is 6.85. The first kappa shape index (κ1) is 30.0. The van der Waals surface area contributed by atoms with Crippen molar-refractivity contribution in [1.82, 2.24) is 20.2 Å². The standard InChI is InChI=1S/C27H34N8O7/c1-14-21(26(39)40)34-24(42-14)20-5-3-11-35(20)25(38)19-13-41-23(33-19)18(12-15-6-8-16(36)9-7-15)32-22(37)17(28)4-2-10-31-27(29)30/h6-9,13,17-18,20,36H,2-5,10-12,28H2,1H3,(H,32,37)(H,39,40)(H4,29,30,31)/t17-,18+,20-/m0/s1. The highest BCUT2D eigenvalue weighted by atomic mass is 16.4. The number of carboxylic acid groups (broad SMARTS) is 1. The van der Waals surface area contributed by atoms with E-state index in [9.17, 15) is 24.6 Å². The van der Waals surface area contributed by atoms with E-state index >= 15 is 0 Å². The summed E-state index contributed by atoms with van der Waals surface area (Å²) in [6.45, 7) is 2.22. The zero-order valence-electron chi connectivity index (χ0n) is 23.0. The van der Waals surface area contributed by atoms with Crippen molar-refractivity contribution in [3.8, 4) is 5.75 Å². The molecule has 3 aromatic rings. The quantitative estimate of drug-likeness (QED) is 0.0999. The summed E-state index contributed by atoms with van der Waals surface area (Å²) in [4.78, 5) is 51.7. The molecule has 1 aromatic carbocycles. The fourth-order valence-electron chi connectivity index (χ4n) is 4.71. The number of phenols is 1. The van der Waals surface area contributed by atoms with Gasteiger partial charge in [0.1, 0.15) is 29.9 Å². The van der Waals surface area contributed by atoms with Crippen molar-refractivity contribution in [2.75, 3.05) is 13.1 Å². The van der Waals surface area contributed by atoms with Crippen LogP contribution >= 0.6 is 0 Å². The molecule has 42 heavy (non-hydrogen) atoms. The van der Waals surface area contributed by atoms with Gasteiger partial charge >= 0.3 is 5.97 Å². The van der Waals surface area contributed by atoms with E-state index in [1.54, 1.807) is 12.1 Å². The van der Waals surface area contributed by atoms with Gasteiger partial charge in [-0.15, -0.1) is 0 Å². The molecule has 2 amide bonds. The monoisotopic (exact) mass is 582 g/mol. The van der Waals surface area contributed by atoms with Gasteiger partial charge in [-0.1, -0.05) is 12.1 Å². The summed E-state index contributed by atoms with van der Waals surface area (Å²) >= 11 is 0.